The minimum Gasteiger partial charge on any atom is -0.396 e. The Morgan fingerprint density at radius 3 is 3.00 bits per heavy atom. The van der Waals surface area contributed by atoms with Gasteiger partial charge in [-0.2, -0.15) is 9.40 Å². The van der Waals surface area contributed by atoms with Gasteiger partial charge in [0.1, 0.15) is 4.90 Å². The minimum atomic E-state index is -3.45. The van der Waals surface area contributed by atoms with Crippen molar-refractivity contribution in [1.29, 1.82) is 0 Å². The summed E-state index contributed by atoms with van der Waals surface area (Å²) < 4.78 is 26.5. The molecule has 0 aromatic carbocycles. The quantitative estimate of drug-likeness (QED) is 0.824. The standard InChI is InChI=1S/C11H19N3O3S/c1-9-11(8-12-13-9)18(16,17)14-6-2-4-10(14)5-3-7-15/h8,10,15H,2-7H2,1H3,(H,12,13). The molecule has 7 heteroatoms. The molecule has 1 saturated heterocycles. The van der Waals surface area contributed by atoms with Gasteiger partial charge in [0.05, 0.1) is 11.9 Å². The third-order valence-corrected chi connectivity index (χ3v) is 5.45. The van der Waals surface area contributed by atoms with E-state index in [4.69, 9.17) is 5.11 Å². The highest BCUT2D eigenvalue weighted by Crippen LogP contribution is 2.29. The lowest BCUT2D eigenvalue weighted by molar-refractivity contribution is 0.264. The summed E-state index contributed by atoms with van der Waals surface area (Å²) in [4.78, 5) is 0.262. The Bertz CT molecular complexity index is 497. The monoisotopic (exact) mass is 273 g/mol. The minimum absolute atomic E-state index is 0.0106. The van der Waals surface area contributed by atoms with Gasteiger partial charge in [0.2, 0.25) is 10.0 Å². The zero-order valence-electron chi connectivity index (χ0n) is 10.5. The van der Waals surface area contributed by atoms with Crippen molar-refractivity contribution < 1.29 is 13.5 Å². The third-order valence-electron chi connectivity index (χ3n) is 3.39. The molecule has 0 aliphatic carbocycles. The van der Waals surface area contributed by atoms with Crippen LogP contribution < -0.4 is 0 Å². The Kier molecular flexibility index (Phi) is 4.04. The van der Waals surface area contributed by atoms with Crippen LogP contribution in [0.1, 0.15) is 31.4 Å². The first-order chi connectivity index (χ1) is 8.57. The summed E-state index contributed by atoms with van der Waals surface area (Å²) in [5.41, 5.74) is 0.572. The first kappa shape index (κ1) is 13.5. The van der Waals surface area contributed by atoms with Gasteiger partial charge in [0.15, 0.2) is 0 Å². The van der Waals surface area contributed by atoms with Crippen LogP contribution in [0.2, 0.25) is 0 Å². The summed E-state index contributed by atoms with van der Waals surface area (Å²) >= 11 is 0. The van der Waals surface area contributed by atoms with Crippen LogP contribution in [0.4, 0.5) is 0 Å². The second-order valence-electron chi connectivity index (χ2n) is 4.64. The molecule has 0 spiro atoms. The molecule has 2 N–H and O–H groups in total. The largest absolute Gasteiger partial charge is 0.396 e. The van der Waals surface area contributed by atoms with Crippen molar-refractivity contribution in [3.8, 4) is 0 Å². The number of aryl methyl sites for hydroxylation is 1. The van der Waals surface area contributed by atoms with E-state index in [-0.39, 0.29) is 17.5 Å². The molecular weight excluding hydrogens is 254 g/mol. The van der Waals surface area contributed by atoms with E-state index in [0.717, 1.165) is 12.8 Å². The van der Waals surface area contributed by atoms with Gasteiger partial charge in [-0.1, -0.05) is 0 Å². The van der Waals surface area contributed by atoms with Gasteiger partial charge in [-0.15, -0.1) is 0 Å². The van der Waals surface area contributed by atoms with Crippen molar-refractivity contribution in [2.24, 2.45) is 0 Å². The van der Waals surface area contributed by atoms with Gasteiger partial charge in [-0.05, 0) is 32.6 Å². The molecule has 1 aromatic heterocycles. The van der Waals surface area contributed by atoms with Crippen LogP contribution in [0.15, 0.2) is 11.1 Å². The van der Waals surface area contributed by atoms with E-state index in [1.54, 1.807) is 11.2 Å². The summed E-state index contributed by atoms with van der Waals surface area (Å²) in [7, 11) is -3.45. The molecule has 1 aliphatic rings. The van der Waals surface area contributed by atoms with Crippen LogP contribution >= 0.6 is 0 Å². The zero-order valence-corrected chi connectivity index (χ0v) is 11.3. The van der Waals surface area contributed by atoms with Crippen molar-refractivity contribution >= 4 is 10.0 Å². The maximum absolute atomic E-state index is 12.5. The van der Waals surface area contributed by atoms with Crippen molar-refractivity contribution in [2.45, 2.75) is 43.5 Å². The highest BCUT2D eigenvalue weighted by atomic mass is 32.2. The van der Waals surface area contributed by atoms with E-state index >= 15 is 0 Å². The highest BCUT2D eigenvalue weighted by Gasteiger charge is 2.36. The number of aromatic amines is 1. The summed E-state index contributed by atoms with van der Waals surface area (Å²) in [5, 5.41) is 15.3. The number of sulfonamides is 1. The van der Waals surface area contributed by atoms with Crippen molar-refractivity contribution in [3.63, 3.8) is 0 Å². The summed E-state index contributed by atoms with van der Waals surface area (Å²) in [6.45, 7) is 2.37. The Balaban J connectivity index is 2.22. The SMILES string of the molecule is Cc1[nH]ncc1S(=O)(=O)N1CCCC1CCCO. The zero-order chi connectivity index (χ0) is 13.2. The van der Waals surface area contributed by atoms with Gasteiger partial charge in [-0.3, -0.25) is 5.10 Å². The van der Waals surface area contributed by atoms with Gasteiger partial charge in [-0.25, -0.2) is 8.42 Å². The number of aromatic nitrogens is 2. The molecule has 1 unspecified atom stereocenters. The number of nitrogens with zero attached hydrogens (tertiary/aromatic N) is 2. The fraction of sp³-hybridized carbons (Fsp3) is 0.727. The van der Waals surface area contributed by atoms with Gasteiger partial charge in [0, 0.05) is 19.2 Å². The molecule has 1 aromatic rings. The maximum atomic E-state index is 12.5. The number of aliphatic hydroxyl groups excluding tert-OH is 1. The Morgan fingerprint density at radius 1 is 1.61 bits per heavy atom. The van der Waals surface area contributed by atoms with Crippen LogP contribution in [0, 0.1) is 6.92 Å². The second-order valence-corrected chi connectivity index (χ2v) is 6.50. The molecule has 0 radical (unpaired) electrons. The van der Waals surface area contributed by atoms with Crippen LogP contribution in [-0.4, -0.2) is 47.2 Å². The lowest BCUT2D eigenvalue weighted by Crippen LogP contribution is -2.35. The lowest BCUT2D eigenvalue weighted by atomic mass is 10.1. The van der Waals surface area contributed by atoms with E-state index in [2.05, 4.69) is 10.2 Å². The van der Waals surface area contributed by atoms with Crippen LogP contribution in [0.3, 0.4) is 0 Å². The summed E-state index contributed by atoms with van der Waals surface area (Å²) in [5.74, 6) is 0. The fourth-order valence-corrected chi connectivity index (χ4v) is 4.31. The average molecular weight is 273 g/mol. The average Bonchev–Trinajstić information content (AvgIpc) is 2.94. The highest BCUT2D eigenvalue weighted by molar-refractivity contribution is 7.89. The van der Waals surface area contributed by atoms with E-state index in [0.29, 0.717) is 25.1 Å². The van der Waals surface area contributed by atoms with Crippen molar-refractivity contribution in [3.05, 3.63) is 11.9 Å². The van der Waals surface area contributed by atoms with Crippen LogP contribution in [0.25, 0.3) is 0 Å². The smallest absolute Gasteiger partial charge is 0.246 e. The van der Waals surface area contributed by atoms with Crippen molar-refractivity contribution in [1.82, 2.24) is 14.5 Å². The van der Waals surface area contributed by atoms with Gasteiger partial charge in [0.25, 0.3) is 0 Å². The molecule has 18 heavy (non-hydrogen) atoms. The number of hydrogen-bond donors (Lipinski definition) is 2. The molecule has 1 atom stereocenters. The van der Waals surface area contributed by atoms with Gasteiger partial charge < -0.3 is 5.11 Å². The number of rotatable bonds is 5. The van der Waals surface area contributed by atoms with Crippen LogP contribution in [-0.2, 0) is 10.0 Å². The Hall–Kier alpha value is -0.920. The van der Waals surface area contributed by atoms with E-state index in [1.807, 2.05) is 0 Å². The number of hydrogen-bond acceptors (Lipinski definition) is 4. The molecular formula is C11H19N3O3S. The summed E-state index contributed by atoms with van der Waals surface area (Å²) in [6, 6.07) is 0.0106. The first-order valence-electron chi connectivity index (χ1n) is 6.20. The van der Waals surface area contributed by atoms with E-state index in [9.17, 15) is 8.42 Å². The molecule has 0 amide bonds. The Labute approximate surface area is 107 Å². The molecule has 6 nitrogen and oxygen atoms in total. The molecule has 0 bridgehead atoms. The molecule has 1 fully saturated rings. The number of H-pyrrole nitrogens is 1. The number of nitrogens with one attached hydrogen (secondary N) is 1. The van der Waals surface area contributed by atoms with E-state index < -0.39 is 10.0 Å². The van der Waals surface area contributed by atoms with Crippen molar-refractivity contribution in [2.75, 3.05) is 13.2 Å². The molecule has 2 rings (SSSR count). The fourth-order valence-electron chi connectivity index (χ4n) is 2.47. The van der Waals surface area contributed by atoms with E-state index in [1.165, 1.54) is 6.20 Å². The predicted octanol–water partition coefficient (Wildman–Crippen LogP) is 0.644. The second kappa shape index (κ2) is 5.38. The third kappa shape index (κ3) is 2.43. The Morgan fingerprint density at radius 2 is 2.39 bits per heavy atom. The van der Waals surface area contributed by atoms with Crippen LogP contribution in [0.5, 0.6) is 0 Å². The molecule has 102 valence electrons. The maximum Gasteiger partial charge on any atom is 0.246 e. The first-order valence-corrected chi connectivity index (χ1v) is 7.64. The normalized spacial score (nSPS) is 21.6. The van der Waals surface area contributed by atoms with Gasteiger partial charge >= 0.3 is 0 Å². The molecule has 1 aliphatic heterocycles. The number of aliphatic hydroxyl groups is 1. The predicted molar refractivity (Wildman–Crippen MR) is 66.6 cm³/mol. The topological polar surface area (TPSA) is 86.3 Å². The lowest BCUT2D eigenvalue weighted by Gasteiger charge is -2.23. The molecule has 0 saturated carbocycles. The summed E-state index contributed by atoms with van der Waals surface area (Å²) in [6.07, 6.45) is 4.47. The molecule has 2 heterocycles.